The molecule has 3 rings (SSSR count). The molecule has 5 nitrogen and oxygen atoms in total. The van der Waals surface area contributed by atoms with E-state index in [2.05, 4.69) is 35.4 Å². The Hall–Kier alpha value is -1.96. The van der Waals surface area contributed by atoms with E-state index >= 15 is 0 Å². The predicted octanol–water partition coefficient (Wildman–Crippen LogP) is 2.84. The van der Waals surface area contributed by atoms with Gasteiger partial charge in [-0.05, 0) is 60.2 Å². The van der Waals surface area contributed by atoms with Crippen LogP contribution in [0.25, 0.3) is 11.4 Å². The number of nitrogens with zero attached hydrogens (tertiary/aromatic N) is 3. The Morgan fingerprint density at radius 1 is 1.24 bits per heavy atom. The van der Waals surface area contributed by atoms with Crippen molar-refractivity contribution in [2.45, 2.75) is 26.7 Å². The van der Waals surface area contributed by atoms with Gasteiger partial charge in [0.05, 0.1) is 14.2 Å². The number of methoxy groups -OCH3 is 1. The van der Waals surface area contributed by atoms with Gasteiger partial charge in [0.25, 0.3) is 0 Å². The second-order valence-corrected chi connectivity index (χ2v) is 7.15. The van der Waals surface area contributed by atoms with E-state index in [1.165, 1.54) is 10.5 Å². The maximum Gasteiger partial charge on any atom is 0.203 e. The van der Waals surface area contributed by atoms with Gasteiger partial charge in [-0.3, -0.25) is 0 Å². The lowest BCUT2D eigenvalue weighted by atomic mass is 10.2. The standard InChI is InChI=1S/C18H22N4OS2/c1-4-21-17(15-5-7-16(23-3)8-6-15)19-22(18(21)24)13-20(2)11-14-9-10-25-12-14/h5-10,12H,4,11,13H2,1-3H3/p+1. The van der Waals surface area contributed by atoms with Crippen molar-refractivity contribution < 1.29 is 9.64 Å². The Labute approximate surface area is 157 Å². The normalized spacial score (nSPS) is 12.3. The Kier molecular flexibility index (Phi) is 5.67. The van der Waals surface area contributed by atoms with Crippen LogP contribution in [0.1, 0.15) is 12.5 Å². The highest BCUT2D eigenvalue weighted by atomic mass is 32.1. The van der Waals surface area contributed by atoms with Crippen LogP contribution in [0.4, 0.5) is 0 Å². The lowest BCUT2D eigenvalue weighted by molar-refractivity contribution is -0.917. The molecule has 0 radical (unpaired) electrons. The number of hydrogen-bond donors (Lipinski definition) is 1. The van der Waals surface area contributed by atoms with E-state index in [4.69, 9.17) is 22.1 Å². The molecule has 2 aromatic heterocycles. The van der Waals surface area contributed by atoms with Crippen LogP contribution in [0.5, 0.6) is 5.75 Å². The maximum absolute atomic E-state index is 5.65. The second kappa shape index (κ2) is 7.95. The molecule has 1 N–H and O–H groups in total. The van der Waals surface area contributed by atoms with Crippen molar-refractivity contribution in [1.82, 2.24) is 14.3 Å². The Bertz CT molecular complexity index is 866. The summed E-state index contributed by atoms with van der Waals surface area (Å²) in [4.78, 5) is 1.34. The van der Waals surface area contributed by atoms with Gasteiger partial charge in [-0.2, -0.15) is 16.0 Å². The van der Waals surface area contributed by atoms with Gasteiger partial charge >= 0.3 is 0 Å². The van der Waals surface area contributed by atoms with Crippen LogP contribution in [0, 0.1) is 4.77 Å². The summed E-state index contributed by atoms with van der Waals surface area (Å²) in [6.07, 6.45) is 0. The van der Waals surface area contributed by atoms with Crippen LogP contribution in [0.15, 0.2) is 41.1 Å². The minimum atomic E-state index is 0.741. The number of benzene rings is 1. The zero-order valence-electron chi connectivity index (χ0n) is 14.7. The molecule has 1 aromatic carbocycles. The fraction of sp³-hybridized carbons (Fsp3) is 0.333. The van der Waals surface area contributed by atoms with Crippen molar-refractivity contribution in [2.24, 2.45) is 0 Å². The second-order valence-electron chi connectivity index (χ2n) is 6.00. The van der Waals surface area contributed by atoms with E-state index in [-0.39, 0.29) is 0 Å². The molecule has 0 aliphatic carbocycles. The highest BCUT2D eigenvalue weighted by Crippen LogP contribution is 2.21. The molecule has 1 atom stereocenters. The van der Waals surface area contributed by atoms with Crippen molar-refractivity contribution in [3.05, 3.63) is 51.4 Å². The third-order valence-electron chi connectivity index (χ3n) is 4.09. The van der Waals surface area contributed by atoms with Crippen LogP contribution in [0.2, 0.25) is 0 Å². The third kappa shape index (κ3) is 4.00. The molecule has 0 aliphatic heterocycles. The zero-order chi connectivity index (χ0) is 17.8. The van der Waals surface area contributed by atoms with Crippen molar-refractivity contribution in [1.29, 1.82) is 0 Å². The van der Waals surface area contributed by atoms with E-state index < -0.39 is 0 Å². The van der Waals surface area contributed by atoms with E-state index in [1.54, 1.807) is 18.4 Å². The highest BCUT2D eigenvalue weighted by Gasteiger charge is 2.14. The zero-order valence-corrected chi connectivity index (χ0v) is 16.4. The van der Waals surface area contributed by atoms with Crippen LogP contribution >= 0.6 is 23.6 Å². The van der Waals surface area contributed by atoms with Gasteiger partial charge in [0.1, 0.15) is 12.3 Å². The van der Waals surface area contributed by atoms with Crippen LogP contribution in [0.3, 0.4) is 0 Å². The molecule has 25 heavy (non-hydrogen) atoms. The Morgan fingerprint density at radius 3 is 2.60 bits per heavy atom. The maximum atomic E-state index is 5.65. The fourth-order valence-electron chi connectivity index (χ4n) is 2.84. The van der Waals surface area contributed by atoms with Gasteiger partial charge < -0.3 is 14.2 Å². The number of aromatic nitrogens is 3. The topological polar surface area (TPSA) is 36.4 Å². The van der Waals surface area contributed by atoms with Crippen LogP contribution < -0.4 is 9.64 Å². The molecule has 132 valence electrons. The lowest BCUT2D eigenvalue weighted by Gasteiger charge is -2.12. The summed E-state index contributed by atoms with van der Waals surface area (Å²) >= 11 is 7.39. The number of thiophene rings is 1. The quantitative estimate of drug-likeness (QED) is 0.645. The Morgan fingerprint density at radius 2 is 2.00 bits per heavy atom. The molecule has 0 saturated heterocycles. The molecule has 2 heterocycles. The SMILES string of the molecule is CCn1c(-c2ccc(OC)cc2)nn(C[NH+](C)Cc2ccsc2)c1=S. The van der Waals surface area contributed by atoms with Gasteiger partial charge in [0.15, 0.2) is 12.5 Å². The van der Waals surface area contributed by atoms with Crippen molar-refractivity contribution in [3.63, 3.8) is 0 Å². The van der Waals surface area contributed by atoms with Gasteiger partial charge in [0.2, 0.25) is 4.77 Å². The minimum absolute atomic E-state index is 0.741. The third-order valence-corrected chi connectivity index (χ3v) is 5.26. The first-order valence-corrected chi connectivity index (χ1v) is 9.62. The molecule has 7 heteroatoms. The number of rotatable bonds is 7. The van der Waals surface area contributed by atoms with E-state index in [9.17, 15) is 0 Å². The first-order valence-electron chi connectivity index (χ1n) is 8.26. The summed E-state index contributed by atoms with van der Waals surface area (Å²) in [5, 5.41) is 9.10. The van der Waals surface area contributed by atoms with E-state index in [0.717, 1.165) is 41.7 Å². The van der Waals surface area contributed by atoms with E-state index in [0.29, 0.717) is 0 Å². The molecule has 0 bridgehead atoms. The average Bonchev–Trinajstić information content (AvgIpc) is 3.23. The van der Waals surface area contributed by atoms with Crippen molar-refractivity contribution in [2.75, 3.05) is 14.2 Å². The van der Waals surface area contributed by atoms with E-state index in [1.807, 2.05) is 28.9 Å². The molecule has 1 unspecified atom stereocenters. The first-order chi connectivity index (χ1) is 12.1. The number of quaternary nitrogens is 1. The number of nitrogens with one attached hydrogen (secondary N) is 1. The van der Waals surface area contributed by atoms with Gasteiger partial charge in [0, 0.05) is 17.7 Å². The smallest absolute Gasteiger partial charge is 0.203 e. The highest BCUT2D eigenvalue weighted by molar-refractivity contribution is 7.71. The predicted molar refractivity (Wildman–Crippen MR) is 104 cm³/mol. The summed E-state index contributed by atoms with van der Waals surface area (Å²) in [6.45, 7) is 4.59. The molecular formula is C18H23N4OS2+. The number of ether oxygens (including phenoxy) is 1. The molecule has 0 spiro atoms. The summed E-state index contributed by atoms with van der Waals surface area (Å²) < 4.78 is 10.0. The Balaban J connectivity index is 1.85. The average molecular weight is 376 g/mol. The monoisotopic (exact) mass is 375 g/mol. The molecule has 3 aromatic rings. The number of hydrogen-bond acceptors (Lipinski definition) is 4. The van der Waals surface area contributed by atoms with Gasteiger partial charge in [-0.1, -0.05) is 0 Å². The molecule has 0 fully saturated rings. The van der Waals surface area contributed by atoms with Crippen LogP contribution in [-0.2, 0) is 19.8 Å². The largest absolute Gasteiger partial charge is 0.497 e. The summed E-state index contributed by atoms with van der Waals surface area (Å²) in [5.74, 6) is 1.74. The van der Waals surface area contributed by atoms with Crippen molar-refractivity contribution >= 4 is 23.6 Å². The van der Waals surface area contributed by atoms with Crippen molar-refractivity contribution in [3.8, 4) is 17.1 Å². The first kappa shape index (κ1) is 17.8. The molecule has 0 amide bonds. The fourth-order valence-corrected chi connectivity index (χ4v) is 3.83. The summed E-state index contributed by atoms with van der Waals surface area (Å²) in [7, 11) is 3.83. The summed E-state index contributed by atoms with van der Waals surface area (Å²) in [5.41, 5.74) is 2.39. The molecular weight excluding hydrogens is 352 g/mol. The molecule has 0 saturated carbocycles. The van der Waals surface area contributed by atoms with Gasteiger partial charge in [-0.25, -0.2) is 0 Å². The minimum Gasteiger partial charge on any atom is -0.497 e. The van der Waals surface area contributed by atoms with Crippen LogP contribution in [-0.4, -0.2) is 28.5 Å². The summed E-state index contributed by atoms with van der Waals surface area (Å²) in [6, 6.07) is 10.1. The molecule has 0 aliphatic rings. The lowest BCUT2D eigenvalue weighted by Crippen LogP contribution is -3.06. The van der Waals surface area contributed by atoms with Gasteiger partial charge in [-0.15, -0.1) is 5.10 Å².